The molecule has 0 aliphatic heterocycles. The zero-order valence-electron chi connectivity index (χ0n) is 15.4. The molecule has 1 aromatic heterocycles. The number of hydrogen-bond donors (Lipinski definition) is 1. The lowest BCUT2D eigenvalue weighted by molar-refractivity contribution is 0.264. The van der Waals surface area contributed by atoms with Gasteiger partial charge in [-0.3, -0.25) is 4.90 Å². The molecule has 0 bridgehead atoms. The molecular weight excluding hydrogens is 364 g/mol. The number of benzene rings is 2. The summed E-state index contributed by atoms with van der Waals surface area (Å²) in [6, 6.07) is 18.0. The Hall–Kier alpha value is -2.41. The summed E-state index contributed by atoms with van der Waals surface area (Å²) >= 11 is 0. The number of hydrogen-bond acceptors (Lipinski definition) is 6. The van der Waals surface area contributed by atoms with Gasteiger partial charge in [0, 0.05) is 25.2 Å². The fourth-order valence-corrected chi connectivity index (χ4v) is 2.75. The number of rotatable bonds is 9. The lowest BCUT2D eigenvalue weighted by Crippen LogP contribution is -2.31. The molecule has 7 heteroatoms. The van der Waals surface area contributed by atoms with E-state index < -0.39 is 0 Å². The van der Waals surface area contributed by atoms with E-state index in [9.17, 15) is 0 Å². The van der Waals surface area contributed by atoms with Gasteiger partial charge in [-0.1, -0.05) is 35.5 Å². The summed E-state index contributed by atoms with van der Waals surface area (Å²) in [6.45, 7) is 2.90. The molecule has 27 heavy (non-hydrogen) atoms. The van der Waals surface area contributed by atoms with Crippen molar-refractivity contribution in [2.45, 2.75) is 13.0 Å². The van der Waals surface area contributed by atoms with Crippen LogP contribution in [-0.4, -0.2) is 41.8 Å². The summed E-state index contributed by atoms with van der Waals surface area (Å²) < 4.78 is 10.6. The van der Waals surface area contributed by atoms with Crippen molar-refractivity contribution in [2.75, 3.05) is 26.7 Å². The topological polar surface area (TPSA) is 77.4 Å². The van der Waals surface area contributed by atoms with Gasteiger partial charge in [-0.05, 0) is 36.2 Å². The van der Waals surface area contributed by atoms with Crippen LogP contribution in [0.1, 0.15) is 11.4 Å². The van der Waals surface area contributed by atoms with Crippen molar-refractivity contribution in [1.82, 2.24) is 15.0 Å². The number of methoxy groups -OCH3 is 1. The zero-order chi connectivity index (χ0) is 18.2. The van der Waals surface area contributed by atoms with Gasteiger partial charge >= 0.3 is 0 Å². The first-order valence-corrected chi connectivity index (χ1v) is 8.72. The molecule has 6 nitrogen and oxygen atoms in total. The van der Waals surface area contributed by atoms with E-state index in [1.54, 1.807) is 7.11 Å². The smallest absolute Gasteiger partial charge is 0.257 e. The lowest BCUT2D eigenvalue weighted by Gasteiger charge is -2.19. The summed E-state index contributed by atoms with van der Waals surface area (Å²) in [5.41, 5.74) is 7.94. The highest BCUT2D eigenvalue weighted by Crippen LogP contribution is 2.21. The second-order valence-electron chi connectivity index (χ2n) is 6.04. The van der Waals surface area contributed by atoms with E-state index in [-0.39, 0.29) is 12.4 Å². The summed E-state index contributed by atoms with van der Waals surface area (Å²) in [4.78, 5) is 6.76. The maximum Gasteiger partial charge on any atom is 0.257 e. The van der Waals surface area contributed by atoms with Gasteiger partial charge in [0.1, 0.15) is 5.75 Å². The monoisotopic (exact) mass is 388 g/mol. The van der Waals surface area contributed by atoms with Crippen LogP contribution >= 0.6 is 12.4 Å². The van der Waals surface area contributed by atoms with E-state index in [4.69, 9.17) is 15.0 Å². The number of ether oxygens (including phenoxy) is 1. The van der Waals surface area contributed by atoms with Crippen LogP contribution in [-0.2, 0) is 13.0 Å². The molecule has 0 atom stereocenters. The predicted molar refractivity (Wildman–Crippen MR) is 108 cm³/mol. The SMILES string of the molecule is COc1ccc(-c2nc(CN(CCN)CCc3ccccc3)no2)cc1.Cl. The number of halogens is 1. The second-order valence-corrected chi connectivity index (χ2v) is 6.04. The van der Waals surface area contributed by atoms with E-state index in [1.807, 2.05) is 30.3 Å². The van der Waals surface area contributed by atoms with Crippen molar-refractivity contribution in [2.24, 2.45) is 5.73 Å². The van der Waals surface area contributed by atoms with Crippen LogP contribution in [0.3, 0.4) is 0 Å². The Morgan fingerprint density at radius 1 is 1.04 bits per heavy atom. The largest absolute Gasteiger partial charge is 0.497 e. The van der Waals surface area contributed by atoms with Crippen molar-refractivity contribution in [3.05, 3.63) is 66.0 Å². The minimum atomic E-state index is 0. The van der Waals surface area contributed by atoms with Crippen molar-refractivity contribution in [3.63, 3.8) is 0 Å². The maximum absolute atomic E-state index is 5.76. The van der Waals surface area contributed by atoms with Crippen LogP contribution in [0.25, 0.3) is 11.5 Å². The molecule has 2 N–H and O–H groups in total. The van der Waals surface area contributed by atoms with Crippen LogP contribution < -0.4 is 10.5 Å². The molecule has 0 saturated heterocycles. The van der Waals surface area contributed by atoms with Gasteiger partial charge in [-0.2, -0.15) is 4.98 Å². The Labute approximate surface area is 165 Å². The molecule has 0 saturated carbocycles. The molecule has 0 radical (unpaired) electrons. The molecule has 0 aliphatic carbocycles. The van der Waals surface area contributed by atoms with Crippen molar-refractivity contribution in [3.8, 4) is 17.2 Å². The average molecular weight is 389 g/mol. The zero-order valence-corrected chi connectivity index (χ0v) is 16.2. The Bertz CT molecular complexity index is 793. The molecule has 0 spiro atoms. The molecular formula is C20H25ClN4O2. The quantitative estimate of drug-likeness (QED) is 0.606. The maximum atomic E-state index is 5.76. The van der Waals surface area contributed by atoms with E-state index in [1.165, 1.54) is 5.56 Å². The number of aromatic nitrogens is 2. The fraction of sp³-hybridized carbons (Fsp3) is 0.300. The van der Waals surface area contributed by atoms with Crippen LogP contribution in [0.2, 0.25) is 0 Å². The van der Waals surface area contributed by atoms with Gasteiger partial charge in [0.05, 0.1) is 13.7 Å². The van der Waals surface area contributed by atoms with Gasteiger partial charge in [0.15, 0.2) is 5.82 Å². The Kier molecular flexibility index (Phi) is 8.26. The Morgan fingerprint density at radius 3 is 2.44 bits per heavy atom. The molecule has 144 valence electrons. The van der Waals surface area contributed by atoms with Crippen LogP contribution in [0.4, 0.5) is 0 Å². The molecule has 0 fully saturated rings. The third kappa shape index (κ3) is 6.06. The third-order valence-corrected chi connectivity index (χ3v) is 4.17. The first-order chi connectivity index (χ1) is 12.8. The second kappa shape index (κ2) is 10.7. The molecule has 1 heterocycles. The van der Waals surface area contributed by atoms with Gasteiger partial charge in [0.2, 0.25) is 0 Å². The van der Waals surface area contributed by atoms with E-state index in [2.05, 4.69) is 39.3 Å². The molecule has 3 aromatic rings. The van der Waals surface area contributed by atoms with Crippen molar-refractivity contribution >= 4 is 12.4 Å². The fourth-order valence-electron chi connectivity index (χ4n) is 2.75. The number of nitrogens with zero attached hydrogens (tertiary/aromatic N) is 3. The van der Waals surface area contributed by atoms with E-state index >= 15 is 0 Å². The highest BCUT2D eigenvalue weighted by atomic mass is 35.5. The summed E-state index contributed by atoms with van der Waals surface area (Å²) in [6.07, 6.45) is 0.962. The molecule has 2 aromatic carbocycles. The van der Waals surface area contributed by atoms with Crippen LogP contribution in [0.15, 0.2) is 59.1 Å². The van der Waals surface area contributed by atoms with E-state index in [0.717, 1.165) is 30.8 Å². The Balaban J connectivity index is 0.00000261. The highest BCUT2D eigenvalue weighted by Gasteiger charge is 2.13. The number of nitrogens with two attached hydrogens (primary N) is 1. The minimum absolute atomic E-state index is 0. The highest BCUT2D eigenvalue weighted by molar-refractivity contribution is 5.85. The van der Waals surface area contributed by atoms with Crippen LogP contribution in [0.5, 0.6) is 5.75 Å². The minimum Gasteiger partial charge on any atom is -0.497 e. The normalized spacial score (nSPS) is 10.6. The van der Waals surface area contributed by atoms with Crippen LogP contribution in [0, 0.1) is 0 Å². The molecule has 0 aliphatic rings. The van der Waals surface area contributed by atoms with Gasteiger partial charge in [0.25, 0.3) is 5.89 Å². The molecule has 3 rings (SSSR count). The van der Waals surface area contributed by atoms with Gasteiger partial charge < -0.3 is 15.0 Å². The van der Waals surface area contributed by atoms with Gasteiger partial charge in [-0.25, -0.2) is 0 Å². The Morgan fingerprint density at radius 2 is 1.78 bits per heavy atom. The predicted octanol–water partition coefficient (Wildman–Crippen LogP) is 3.17. The molecule has 0 unspecified atom stereocenters. The average Bonchev–Trinajstić information content (AvgIpc) is 3.16. The van der Waals surface area contributed by atoms with Gasteiger partial charge in [-0.15, -0.1) is 12.4 Å². The third-order valence-electron chi connectivity index (χ3n) is 4.17. The van der Waals surface area contributed by atoms with Crippen molar-refractivity contribution in [1.29, 1.82) is 0 Å². The molecule has 0 amide bonds. The van der Waals surface area contributed by atoms with Crippen molar-refractivity contribution < 1.29 is 9.26 Å². The standard InChI is InChI=1S/C20H24N4O2.ClH/c1-25-18-9-7-17(8-10-18)20-22-19(23-26-20)15-24(14-12-21)13-11-16-5-3-2-4-6-16;/h2-10H,11-15,21H2,1H3;1H. The first kappa shape index (κ1) is 20.9. The lowest BCUT2D eigenvalue weighted by atomic mass is 10.1. The summed E-state index contributed by atoms with van der Waals surface area (Å²) in [5, 5.41) is 4.11. The summed E-state index contributed by atoms with van der Waals surface area (Å²) in [5.74, 6) is 1.97. The first-order valence-electron chi connectivity index (χ1n) is 8.72. The van der Waals surface area contributed by atoms with E-state index in [0.29, 0.717) is 24.8 Å². The summed E-state index contributed by atoms with van der Waals surface area (Å²) in [7, 11) is 1.64.